The molecule has 31 heavy (non-hydrogen) atoms. The fraction of sp³-hybridized carbons (Fsp3) is 0. The molecule has 0 radical (unpaired) electrons. The molecule has 0 unspecified atom stereocenters. The van der Waals surface area contributed by atoms with E-state index in [0.29, 0.717) is 21.8 Å². The molecule has 0 bridgehead atoms. The minimum Gasteiger partial charge on any atom is -0.264 e. The van der Waals surface area contributed by atoms with Crippen LogP contribution in [-0.4, -0.2) is 23.2 Å². The van der Waals surface area contributed by atoms with Crippen LogP contribution in [0, 0.1) is 11.3 Å². The molecule has 0 N–H and O–H groups in total. The van der Waals surface area contributed by atoms with Crippen LogP contribution in [0.25, 0.3) is 23.0 Å². The first-order chi connectivity index (χ1) is 15.0. The predicted molar refractivity (Wildman–Crippen MR) is 119 cm³/mol. The van der Waals surface area contributed by atoms with Crippen molar-refractivity contribution in [1.29, 1.82) is 5.26 Å². The molecule has 2 heterocycles. The van der Waals surface area contributed by atoms with Gasteiger partial charge < -0.3 is 0 Å². The van der Waals surface area contributed by atoms with Gasteiger partial charge in [-0.1, -0.05) is 29.8 Å². The lowest BCUT2D eigenvalue weighted by Crippen LogP contribution is -2.03. The minimum atomic E-state index is -4.03. The van der Waals surface area contributed by atoms with E-state index in [4.69, 9.17) is 11.6 Å². The summed E-state index contributed by atoms with van der Waals surface area (Å²) in [5.41, 5.74) is 2.48. The third-order valence-corrected chi connectivity index (χ3v) is 6.44. The quantitative estimate of drug-likeness (QED) is 0.406. The van der Waals surface area contributed by atoms with Gasteiger partial charge in [-0.3, -0.25) is 4.98 Å². The van der Waals surface area contributed by atoms with Crippen LogP contribution in [0.15, 0.2) is 95.1 Å². The van der Waals surface area contributed by atoms with Gasteiger partial charge in [-0.15, -0.1) is 0 Å². The molecule has 4 aromatic rings. The van der Waals surface area contributed by atoms with E-state index in [1.807, 2.05) is 42.5 Å². The van der Waals surface area contributed by atoms with E-state index < -0.39 is 14.7 Å². The zero-order valence-corrected chi connectivity index (χ0v) is 17.6. The van der Waals surface area contributed by atoms with E-state index in [0.717, 1.165) is 5.69 Å². The molecule has 0 aliphatic heterocycles. The first-order valence-corrected chi connectivity index (χ1v) is 11.0. The first kappa shape index (κ1) is 20.5. The minimum absolute atomic E-state index is 0.0110. The molecule has 0 saturated heterocycles. The second-order valence-corrected chi connectivity index (χ2v) is 8.89. The van der Waals surface area contributed by atoms with Crippen LogP contribution < -0.4 is 0 Å². The van der Waals surface area contributed by atoms with Gasteiger partial charge in [0.2, 0.25) is 9.84 Å². The van der Waals surface area contributed by atoms with Gasteiger partial charge >= 0.3 is 0 Å². The van der Waals surface area contributed by atoms with E-state index in [1.54, 1.807) is 29.3 Å². The number of hydrogen-bond donors (Lipinski definition) is 0. The summed E-state index contributed by atoms with van der Waals surface area (Å²) in [5, 5.41) is 14.7. The van der Waals surface area contributed by atoms with Gasteiger partial charge in [0.1, 0.15) is 16.7 Å². The Morgan fingerprint density at radius 2 is 1.77 bits per heavy atom. The van der Waals surface area contributed by atoms with Crippen molar-refractivity contribution in [2.24, 2.45) is 0 Å². The molecule has 0 spiro atoms. The normalized spacial score (nSPS) is 11.8. The zero-order valence-electron chi connectivity index (χ0n) is 16.1. The molecular weight excluding hydrogens is 432 g/mol. The standard InChI is InChI=1S/C23H15ClN4O2S/c24-19-8-10-21(11-9-19)31(29,30)22(14-25)13-18-16-28(20-6-2-1-3-7-20)27-23(18)17-5-4-12-26-15-17/h1-13,15-16H/b22-13+. The largest absolute Gasteiger partial charge is 0.264 e. The maximum absolute atomic E-state index is 13.0. The molecule has 2 aromatic carbocycles. The topological polar surface area (TPSA) is 88.6 Å². The Balaban J connectivity index is 1.87. The number of nitrogens with zero attached hydrogens (tertiary/aromatic N) is 4. The number of halogens is 1. The lowest BCUT2D eigenvalue weighted by molar-refractivity contribution is 0.603. The molecular formula is C23H15ClN4O2S. The van der Waals surface area contributed by atoms with Gasteiger partial charge in [0.25, 0.3) is 0 Å². The summed E-state index contributed by atoms with van der Waals surface area (Å²) in [7, 11) is -4.03. The highest BCUT2D eigenvalue weighted by Crippen LogP contribution is 2.28. The average Bonchev–Trinajstić information content (AvgIpc) is 3.23. The van der Waals surface area contributed by atoms with Gasteiger partial charge in [-0.2, -0.15) is 10.4 Å². The van der Waals surface area contributed by atoms with Crippen LogP contribution >= 0.6 is 11.6 Å². The number of rotatable bonds is 5. The Kier molecular flexibility index (Phi) is 5.67. The van der Waals surface area contributed by atoms with Crippen molar-refractivity contribution in [3.05, 3.63) is 101 Å². The second-order valence-electron chi connectivity index (χ2n) is 6.53. The predicted octanol–water partition coefficient (Wildman–Crippen LogP) is 4.93. The number of allylic oxidation sites excluding steroid dienone is 1. The third-order valence-electron chi connectivity index (χ3n) is 4.51. The van der Waals surface area contributed by atoms with Crippen molar-refractivity contribution in [2.45, 2.75) is 4.90 Å². The lowest BCUT2D eigenvalue weighted by Gasteiger charge is -2.03. The van der Waals surface area contributed by atoms with Crippen molar-refractivity contribution >= 4 is 27.5 Å². The summed E-state index contributed by atoms with van der Waals surface area (Å²) in [6, 6.07) is 20.5. The molecule has 4 rings (SSSR count). The molecule has 152 valence electrons. The van der Waals surface area contributed by atoms with Crippen LogP contribution in [0.1, 0.15) is 5.56 Å². The van der Waals surface area contributed by atoms with Crippen LogP contribution in [0.5, 0.6) is 0 Å². The molecule has 0 aliphatic rings. The maximum atomic E-state index is 13.0. The van der Waals surface area contributed by atoms with Crippen LogP contribution in [0.2, 0.25) is 5.02 Å². The Morgan fingerprint density at radius 1 is 1.03 bits per heavy atom. The van der Waals surface area contributed by atoms with Crippen LogP contribution in [-0.2, 0) is 9.84 Å². The highest BCUT2D eigenvalue weighted by atomic mass is 35.5. The summed E-state index contributed by atoms with van der Waals surface area (Å²) >= 11 is 5.86. The molecule has 0 amide bonds. The fourth-order valence-corrected chi connectivity index (χ4v) is 4.26. The van der Waals surface area contributed by atoms with Gasteiger partial charge in [0.05, 0.1) is 10.6 Å². The van der Waals surface area contributed by atoms with Crippen LogP contribution in [0.3, 0.4) is 0 Å². The number of para-hydroxylation sites is 1. The molecule has 0 fully saturated rings. The number of pyridine rings is 1. The van der Waals surface area contributed by atoms with Crippen molar-refractivity contribution in [3.8, 4) is 23.0 Å². The third kappa shape index (κ3) is 4.26. The monoisotopic (exact) mass is 446 g/mol. The lowest BCUT2D eigenvalue weighted by atomic mass is 10.1. The van der Waals surface area contributed by atoms with Crippen molar-refractivity contribution in [1.82, 2.24) is 14.8 Å². The van der Waals surface area contributed by atoms with E-state index in [2.05, 4.69) is 10.1 Å². The number of nitriles is 1. The SMILES string of the molecule is N#C/C(=C\c1cn(-c2ccccc2)nc1-c1cccnc1)S(=O)(=O)c1ccc(Cl)cc1. The van der Waals surface area contributed by atoms with E-state index >= 15 is 0 Å². The van der Waals surface area contributed by atoms with E-state index in [9.17, 15) is 13.7 Å². The highest BCUT2D eigenvalue weighted by molar-refractivity contribution is 7.95. The van der Waals surface area contributed by atoms with E-state index in [1.165, 1.54) is 30.3 Å². The maximum Gasteiger partial charge on any atom is 0.216 e. The first-order valence-electron chi connectivity index (χ1n) is 9.17. The second kappa shape index (κ2) is 8.56. The van der Waals surface area contributed by atoms with Crippen molar-refractivity contribution in [3.63, 3.8) is 0 Å². The molecule has 0 saturated carbocycles. The number of benzene rings is 2. The van der Waals surface area contributed by atoms with E-state index in [-0.39, 0.29) is 4.90 Å². The van der Waals surface area contributed by atoms with Gasteiger partial charge in [-0.25, -0.2) is 13.1 Å². The molecule has 6 nitrogen and oxygen atoms in total. The molecule has 8 heteroatoms. The van der Waals surface area contributed by atoms with Crippen molar-refractivity contribution < 1.29 is 8.42 Å². The smallest absolute Gasteiger partial charge is 0.216 e. The Labute approximate surface area is 184 Å². The fourth-order valence-electron chi connectivity index (χ4n) is 2.98. The highest BCUT2D eigenvalue weighted by Gasteiger charge is 2.22. The van der Waals surface area contributed by atoms with Crippen molar-refractivity contribution in [2.75, 3.05) is 0 Å². The summed E-state index contributed by atoms with van der Waals surface area (Å²) < 4.78 is 27.7. The number of sulfone groups is 1. The Hall–Kier alpha value is -3.73. The summed E-state index contributed by atoms with van der Waals surface area (Å²) in [6.45, 7) is 0. The van der Waals surface area contributed by atoms with Crippen LogP contribution in [0.4, 0.5) is 0 Å². The summed E-state index contributed by atoms with van der Waals surface area (Å²) in [5.74, 6) is 0. The Morgan fingerprint density at radius 3 is 2.42 bits per heavy atom. The van der Waals surface area contributed by atoms with Gasteiger partial charge in [-0.05, 0) is 54.6 Å². The number of aromatic nitrogens is 3. The summed E-state index contributed by atoms with van der Waals surface area (Å²) in [4.78, 5) is 3.72. The Bertz CT molecular complexity index is 1390. The van der Waals surface area contributed by atoms with Gasteiger partial charge in [0, 0.05) is 34.7 Å². The van der Waals surface area contributed by atoms with Gasteiger partial charge in [0.15, 0.2) is 0 Å². The summed E-state index contributed by atoms with van der Waals surface area (Å²) in [6.07, 6.45) is 6.29. The molecule has 2 aromatic heterocycles. The molecule has 0 atom stereocenters. The average molecular weight is 447 g/mol. The number of hydrogen-bond acceptors (Lipinski definition) is 5. The molecule has 0 aliphatic carbocycles. The zero-order chi connectivity index (χ0) is 21.8.